The van der Waals surface area contributed by atoms with Gasteiger partial charge < -0.3 is 15.4 Å². The lowest BCUT2D eigenvalue weighted by atomic mass is 9.79. The summed E-state index contributed by atoms with van der Waals surface area (Å²) in [6, 6.07) is 2.77. The van der Waals surface area contributed by atoms with Gasteiger partial charge >= 0.3 is 0 Å². The molecule has 3 aromatic rings. The Labute approximate surface area is 238 Å². The van der Waals surface area contributed by atoms with E-state index in [2.05, 4.69) is 20.8 Å². The summed E-state index contributed by atoms with van der Waals surface area (Å²) in [4.78, 5) is 30.7. The molecule has 2 aliphatic rings. The highest BCUT2D eigenvalue weighted by Gasteiger charge is 2.46. The second-order valence-corrected chi connectivity index (χ2v) is 12.7. The van der Waals surface area contributed by atoms with E-state index in [0.29, 0.717) is 17.0 Å². The van der Waals surface area contributed by atoms with Crippen molar-refractivity contribution < 1.29 is 23.1 Å². The van der Waals surface area contributed by atoms with Gasteiger partial charge in [0.1, 0.15) is 5.69 Å². The van der Waals surface area contributed by atoms with Gasteiger partial charge in [-0.2, -0.15) is 10.2 Å². The minimum atomic E-state index is -2.64. The van der Waals surface area contributed by atoms with Crippen molar-refractivity contribution in [1.29, 1.82) is 0 Å². The first-order valence-corrected chi connectivity index (χ1v) is 14.3. The number of amides is 2. The van der Waals surface area contributed by atoms with E-state index < -0.39 is 17.6 Å². The van der Waals surface area contributed by atoms with Gasteiger partial charge in [-0.05, 0) is 77.0 Å². The first-order valence-electron chi connectivity index (χ1n) is 14.3. The Bertz CT molecular complexity index is 1400. The summed E-state index contributed by atoms with van der Waals surface area (Å²) in [6.45, 7) is 9.94. The molecule has 2 fully saturated rings. The molecular weight excluding hydrogens is 532 g/mol. The van der Waals surface area contributed by atoms with Gasteiger partial charge in [-0.3, -0.25) is 14.3 Å². The first-order chi connectivity index (χ1) is 19.3. The lowest BCUT2D eigenvalue weighted by Gasteiger charge is -2.34. The summed E-state index contributed by atoms with van der Waals surface area (Å²) < 4.78 is 35.8. The molecule has 2 aliphatic carbocycles. The van der Waals surface area contributed by atoms with Crippen LogP contribution in [0.4, 0.5) is 8.78 Å². The Balaban J connectivity index is 1.35. The largest absolute Gasteiger partial charge is 0.373 e. The van der Waals surface area contributed by atoms with Crippen molar-refractivity contribution in [3.05, 3.63) is 47.7 Å². The number of rotatable bonds is 11. The molecule has 10 nitrogen and oxygen atoms in total. The SMILES string of the molecule is CC(C)n1nccc1C(=O)N[C@@H](COC(C)(C)C)c1cn2ncc(C(NC(=O)CC3CC(F)(F)C3)C3CC3)cc2n1. The van der Waals surface area contributed by atoms with E-state index in [-0.39, 0.29) is 61.6 Å². The van der Waals surface area contributed by atoms with Crippen LogP contribution in [0.15, 0.2) is 30.7 Å². The van der Waals surface area contributed by atoms with Crippen molar-refractivity contribution in [1.82, 2.24) is 35.0 Å². The molecule has 41 heavy (non-hydrogen) atoms. The second-order valence-electron chi connectivity index (χ2n) is 12.7. The Morgan fingerprint density at radius 2 is 1.90 bits per heavy atom. The number of fused-ring (bicyclic) bond motifs is 1. The van der Waals surface area contributed by atoms with Crippen LogP contribution in [0, 0.1) is 11.8 Å². The highest BCUT2D eigenvalue weighted by molar-refractivity contribution is 5.92. The number of carbonyl (C=O) groups is 2. The maximum Gasteiger partial charge on any atom is 0.270 e. The van der Waals surface area contributed by atoms with Crippen molar-refractivity contribution >= 4 is 17.5 Å². The van der Waals surface area contributed by atoms with Gasteiger partial charge in [-0.15, -0.1) is 0 Å². The third kappa shape index (κ3) is 7.09. The molecule has 2 atom stereocenters. The smallest absolute Gasteiger partial charge is 0.270 e. The summed E-state index contributed by atoms with van der Waals surface area (Å²) in [5.41, 5.74) is 1.98. The van der Waals surface area contributed by atoms with Crippen molar-refractivity contribution in [2.75, 3.05) is 6.61 Å². The van der Waals surface area contributed by atoms with E-state index in [4.69, 9.17) is 9.72 Å². The van der Waals surface area contributed by atoms with Gasteiger partial charge in [-0.1, -0.05) is 0 Å². The molecule has 2 N–H and O–H groups in total. The van der Waals surface area contributed by atoms with E-state index in [1.807, 2.05) is 40.7 Å². The Morgan fingerprint density at radius 1 is 1.17 bits per heavy atom. The zero-order valence-electron chi connectivity index (χ0n) is 24.2. The summed E-state index contributed by atoms with van der Waals surface area (Å²) >= 11 is 0. The molecule has 1 unspecified atom stereocenters. The lowest BCUT2D eigenvalue weighted by Crippen LogP contribution is -2.39. The van der Waals surface area contributed by atoms with Crippen LogP contribution in [0.2, 0.25) is 0 Å². The van der Waals surface area contributed by atoms with Crippen LogP contribution in [0.1, 0.15) is 107 Å². The van der Waals surface area contributed by atoms with Crippen molar-refractivity contribution in [2.45, 2.75) is 96.4 Å². The Kier molecular flexibility index (Phi) is 7.88. The minimum Gasteiger partial charge on any atom is -0.373 e. The Morgan fingerprint density at radius 3 is 2.54 bits per heavy atom. The quantitative estimate of drug-likeness (QED) is 0.342. The molecule has 3 aromatic heterocycles. The topological polar surface area (TPSA) is 115 Å². The second kappa shape index (κ2) is 11.1. The van der Waals surface area contributed by atoms with Crippen LogP contribution >= 0.6 is 0 Å². The highest BCUT2D eigenvalue weighted by atomic mass is 19.3. The monoisotopic (exact) mass is 571 g/mol. The molecule has 0 radical (unpaired) electrons. The number of nitrogens with zero attached hydrogens (tertiary/aromatic N) is 5. The number of carbonyl (C=O) groups excluding carboxylic acids is 2. The minimum absolute atomic E-state index is 0.0161. The van der Waals surface area contributed by atoms with Gasteiger partial charge in [0.05, 0.1) is 42.4 Å². The molecule has 222 valence electrons. The fourth-order valence-corrected chi connectivity index (χ4v) is 5.25. The molecule has 0 spiro atoms. The standard InChI is InChI=1S/C29H39F2N7O3/c1-17(2)38-23(8-9-32-38)27(40)35-22(16-41-28(3,4)5)21-15-37-24(34-21)11-20(14-33-37)26(19-6-7-19)36-25(39)10-18-12-29(30,31)13-18/h8-9,11,14-15,17-19,22,26H,6-7,10,12-13,16H2,1-5H3,(H,35,40)(H,36,39)/t22-,26?/m0/s1. The van der Waals surface area contributed by atoms with Gasteiger partial charge in [0.2, 0.25) is 11.8 Å². The van der Waals surface area contributed by atoms with E-state index in [1.54, 1.807) is 33.9 Å². The maximum absolute atomic E-state index is 13.3. The van der Waals surface area contributed by atoms with Crippen molar-refractivity contribution in [3.63, 3.8) is 0 Å². The summed E-state index contributed by atoms with van der Waals surface area (Å²) in [5, 5.41) is 14.9. The lowest BCUT2D eigenvalue weighted by molar-refractivity contribution is -0.134. The van der Waals surface area contributed by atoms with Crippen LogP contribution < -0.4 is 10.6 Å². The molecule has 0 aromatic carbocycles. The van der Waals surface area contributed by atoms with Crippen LogP contribution in [0.25, 0.3) is 5.65 Å². The third-order valence-electron chi connectivity index (χ3n) is 7.52. The Hall–Kier alpha value is -3.41. The number of ether oxygens (including phenoxy) is 1. The summed E-state index contributed by atoms with van der Waals surface area (Å²) in [5.74, 6) is -3.14. The molecule has 12 heteroatoms. The predicted molar refractivity (Wildman–Crippen MR) is 147 cm³/mol. The molecule has 0 bridgehead atoms. The van der Waals surface area contributed by atoms with Crippen molar-refractivity contribution in [2.24, 2.45) is 11.8 Å². The number of halogens is 2. The molecule has 3 heterocycles. The zero-order chi connectivity index (χ0) is 29.5. The molecule has 2 amide bonds. The number of nitrogens with one attached hydrogen (secondary N) is 2. The van der Waals surface area contributed by atoms with Gasteiger partial charge in [0, 0.05) is 31.5 Å². The van der Waals surface area contributed by atoms with Crippen LogP contribution in [-0.4, -0.2) is 54.3 Å². The molecule has 0 saturated heterocycles. The molecule has 2 saturated carbocycles. The van der Waals surface area contributed by atoms with Crippen LogP contribution in [0.3, 0.4) is 0 Å². The van der Waals surface area contributed by atoms with Crippen molar-refractivity contribution in [3.8, 4) is 0 Å². The number of alkyl halides is 2. The van der Waals surface area contributed by atoms with Crippen LogP contribution in [0.5, 0.6) is 0 Å². The molecule has 0 aliphatic heterocycles. The van der Waals surface area contributed by atoms with Gasteiger partial charge in [0.15, 0.2) is 5.65 Å². The van der Waals surface area contributed by atoms with E-state index in [0.717, 1.165) is 18.4 Å². The average molecular weight is 572 g/mol. The highest BCUT2D eigenvalue weighted by Crippen LogP contribution is 2.45. The van der Waals surface area contributed by atoms with Gasteiger partial charge in [0.25, 0.3) is 5.91 Å². The van der Waals surface area contributed by atoms with Crippen LogP contribution in [-0.2, 0) is 9.53 Å². The van der Waals surface area contributed by atoms with E-state index in [9.17, 15) is 18.4 Å². The normalized spacial score (nSPS) is 18.7. The fraction of sp³-hybridized carbons (Fsp3) is 0.621. The van der Waals surface area contributed by atoms with E-state index >= 15 is 0 Å². The number of aromatic nitrogens is 5. The number of hydrogen-bond donors (Lipinski definition) is 2. The molecular formula is C29H39F2N7O3. The number of imidazole rings is 1. The van der Waals surface area contributed by atoms with Gasteiger partial charge in [-0.25, -0.2) is 18.3 Å². The molecule has 5 rings (SSSR count). The zero-order valence-corrected chi connectivity index (χ0v) is 24.2. The van der Waals surface area contributed by atoms with E-state index in [1.165, 1.54) is 0 Å². The average Bonchev–Trinajstić information content (AvgIpc) is 3.41. The predicted octanol–water partition coefficient (Wildman–Crippen LogP) is 4.80. The first kappa shape index (κ1) is 29.1. The summed E-state index contributed by atoms with van der Waals surface area (Å²) in [6.07, 6.45) is 6.67. The summed E-state index contributed by atoms with van der Waals surface area (Å²) in [7, 11) is 0. The fourth-order valence-electron chi connectivity index (χ4n) is 5.25. The maximum atomic E-state index is 13.3. The number of hydrogen-bond acceptors (Lipinski definition) is 6. The third-order valence-corrected chi connectivity index (χ3v) is 7.52.